The number of rotatable bonds is 10. The normalized spacial score (nSPS) is 16.4. The van der Waals surface area contributed by atoms with Crippen LogP contribution in [0.5, 0.6) is 0 Å². The molecule has 0 amide bonds. The number of likely N-dealkylation sites (N-methyl/N-ethyl adjacent to an activating group) is 1. The number of sulfone groups is 1. The number of aliphatic hydroxyl groups excluding tert-OH is 1. The Kier molecular flexibility index (Phi) is 8.70. The zero-order valence-corrected chi connectivity index (χ0v) is 24.3. The molecule has 1 aliphatic heterocycles. The van der Waals surface area contributed by atoms with Gasteiger partial charge in [0, 0.05) is 56.7 Å². The fourth-order valence-corrected chi connectivity index (χ4v) is 5.84. The van der Waals surface area contributed by atoms with Gasteiger partial charge in [-0.05, 0) is 25.2 Å². The third kappa shape index (κ3) is 6.22. The van der Waals surface area contributed by atoms with Crippen molar-refractivity contribution < 1.29 is 27.0 Å². The Bertz CT molecular complexity index is 1680. The van der Waals surface area contributed by atoms with Crippen molar-refractivity contribution >= 4 is 38.1 Å². The molecule has 2 aromatic heterocycles. The van der Waals surface area contributed by atoms with Crippen molar-refractivity contribution in [2.45, 2.75) is 17.2 Å². The quantitative estimate of drug-likeness (QED) is 0.201. The summed E-state index contributed by atoms with van der Waals surface area (Å²) < 4.78 is 59.2. The number of nitrogens with zero attached hydrogens (tertiary/aromatic N) is 4. The number of benzene rings is 2. The van der Waals surface area contributed by atoms with Crippen LogP contribution in [0.2, 0.25) is 0 Å². The van der Waals surface area contributed by atoms with Crippen molar-refractivity contribution in [3.63, 3.8) is 0 Å². The lowest BCUT2D eigenvalue weighted by atomic mass is 10.1. The van der Waals surface area contributed by atoms with E-state index >= 15 is 4.39 Å². The summed E-state index contributed by atoms with van der Waals surface area (Å²) in [6.07, 6.45) is 2.51. The van der Waals surface area contributed by atoms with Crippen molar-refractivity contribution in [3.05, 3.63) is 60.4 Å². The minimum absolute atomic E-state index is 0.0502. The van der Waals surface area contributed by atoms with Gasteiger partial charge in [0.05, 0.1) is 35.7 Å². The second-order valence-corrected chi connectivity index (χ2v) is 12.3. The summed E-state index contributed by atoms with van der Waals surface area (Å²) in [5.74, 6) is -1.82. The molecule has 0 radical (unpaired) electrons. The molecule has 2 atom stereocenters. The number of hydrogen-bond acceptors (Lipinski definition) is 10. The van der Waals surface area contributed by atoms with Gasteiger partial charge in [-0.15, -0.1) is 0 Å². The highest BCUT2D eigenvalue weighted by molar-refractivity contribution is 7.90. The zero-order valence-electron chi connectivity index (χ0n) is 23.4. The van der Waals surface area contributed by atoms with Gasteiger partial charge in [-0.3, -0.25) is 4.90 Å². The van der Waals surface area contributed by atoms with Gasteiger partial charge in [0.15, 0.2) is 21.5 Å². The number of nitrogens with one attached hydrogen (secondary N) is 3. The SMILES string of the molecule is COC[C@H](C(O)Nc1cccc2c(-c3nc(Nc4cccc(S(C)(=O)=O)c4F)ncc3F)c[nH]c12)N1CCN(C)CC1. The van der Waals surface area contributed by atoms with Crippen LogP contribution in [0.15, 0.2) is 53.7 Å². The monoisotopic (exact) mass is 601 g/mol. The summed E-state index contributed by atoms with van der Waals surface area (Å²) in [6, 6.07) is 8.96. The molecule has 1 aliphatic rings. The maximum atomic E-state index is 15.0. The number of para-hydroxylation sites is 1. The number of methoxy groups -OCH3 is 1. The maximum absolute atomic E-state index is 15.0. The molecule has 0 saturated carbocycles. The molecule has 42 heavy (non-hydrogen) atoms. The van der Waals surface area contributed by atoms with Gasteiger partial charge in [-0.1, -0.05) is 18.2 Å². The van der Waals surface area contributed by atoms with E-state index in [0.29, 0.717) is 28.8 Å². The number of ether oxygens (including phenoxy) is 1. The predicted octanol–water partition coefficient (Wildman–Crippen LogP) is 3.04. The summed E-state index contributed by atoms with van der Waals surface area (Å²) in [5.41, 5.74) is 1.44. The molecule has 14 heteroatoms. The number of halogens is 2. The Balaban J connectivity index is 1.42. The van der Waals surface area contributed by atoms with E-state index in [2.05, 4.69) is 42.4 Å². The smallest absolute Gasteiger partial charge is 0.228 e. The highest BCUT2D eigenvalue weighted by Crippen LogP contribution is 2.34. The Labute approximate surface area is 242 Å². The Morgan fingerprint density at radius 3 is 2.55 bits per heavy atom. The molecule has 0 aliphatic carbocycles. The van der Waals surface area contributed by atoms with Gasteiger partial charge < -0.3 is 30.4 Å². The molecule has 1 saturated heterocycles. The van der Waals surface area contributed by atoms with Gasteiger partial charge in [0.1, 0.15) is 16.8 Å². The third-order valence-electron chi connectivity index (χ3n) is 7.34. The lowest BCUT2D eigenvalue weighted by Gasteiger charge is -2.39. The number of fused-ring (bicyclic) bond motifs is 1. The van der Waals surface area contributed by atoms with Gasteiger partial charge in [0.2, 0.25) is 5.95 Å². The van der Waals surface area contributed by atoms with E-state index in [1.165, 1.54) is 12.1 Å². The molecule has 224 valence electrons. The first kappa shape index (κ1) is 29.8. The zero-order chi connectivity index (χ0) is 30.0. The maximum Gasteiger partial charge on any atom is 0.228 e. The highest BCUT2D eigenvalue weighted by atomic mass is 32.2. The fraction of sp³-hybridized carbons (Fsp3) is 0.357. The van der Waals surface area contributed by atoms with E-state index < -0.39 is 32.6 Å². The van der Waals surface area contributed by atoms with E-state index in [1.807, 2.05) is 0 Å². The molecule has 5 rings (SSSR count). The largest absolute Gasteiger partial charge is 0.383 e. The second kappa shape index (κ2) is 12.3. The van der Waals surface area contributed by atoms with E-state index in [4.69, 9.17) is 4.74 Å². The van der Waals surface area contributed by atoms with Crippen LogP contribution in [0, 0.1) is 11.6 Å². The van der Waals surface area contributed by atoms with Crippen LogP contribution in [0.25, 0.3) is 22.2 Å². The second-order valence-electron chi connectivity index (χ2n) is 10.3. The van der Waals surface area contributed by atoms with Crippen molar-refractivity contribution in [1.82, 2.24) is 24.8 Å². The lowest BCUT2D eigenvalue weighted by molar-refractivity contribution is -0.00377. The van der Waals surface area contributed by atoms with E-state index in [-0.39, 0.29) is 23.4 Å². The molecule has 1 unspecified atom stereocenters. The van der Waals surface area contributed by atoms with Crippen LogP contribution in [-0.4, -0.2) is 104 Å². The topological polar surface area (TPSA) is 136 Å². The standard InChI is InChI=1S/C28H33F2N7O4S/c1-36-10-12-37(13-11-36)22(16-41-2)27(38)33-21-8-4-6-17-18(14-31-26(17)21)25-19(29)15-32-28(35-25)34-20-7-5-9-23(24(20)30)42(3,39)40/h4-9,14-15,22,27,31,33,38H,10-13,16H2,1-3H3,(H,32,34,35)/t22-,27?/m1/s1. The average Bonchev–Trinajstić information content (AvgIpc) is 3.39. The van der Waals surface area contributed by atoms with Crippen LogP contribution in [-0.2, 0) is 14.6 Å². The Morgan fingerprint density at radius 1 is 1.12 bits per heavy atom. The minimum Gasteiger partial charge on any atom is -0.383 e. The predicted molar refractivity (Wildman–Crippen MR) is 156 cm³/mol. The number of hydrogen-bond donors (Lipinski definition) is 4. The summed E-state index contributed by atoms with van der Waals surface area (Å²) in [7, 11) is -0.143. The molecule has 4 N–H and O–H groups in total. The molecule has 0 spiro atoms. The van der Waals surface area contributed by atoms with E-state index in [0.717, 1.165) is 44.7 Å². The van der Waals surface area contributed by atoms with Gasteiger partial charge in [0.25, 0.3) is 0 Å². The molecule has 1 fully saturated rings. The number of aliphatic hydroxyl groups is 1. The summed E-state index contributed by atoms with van der Waals surface area (Å²) in [4.78, 5) is 15.3. The van der Waals surface area contributed by atoms with Crippen LogP contribution in [0.3, 0.4) is 0 Å². The molecular weight excluding hydrogens is 568 g/mol. The van der Waals surface area contributed by atoms with Crippen LogP contribution in [0.4, 0.5) is 26.1 Å². The Hall–Kier alpha value is -3.69. The number of anilines is 3. The number of H-pyrrole nitrogens is 1. The minimum atomic E-state index is -3.81. The molecule has 0 bridgehead atoms. The molecule has 11 nitrogen and oxygen atoms in total. The summed E-state index contributed by atoms with van der Waals surface area (Å²) in [5, 5.41) is 17.7. The van der Waals surface area contributed by atoms with Crippen LogP contribution < -0.4 is 10.6 Å². The van der Waals surface area contributed by atoms with Crippen LogP contribution >= 0.6 is 0 Å². The van der Waals surface area contributed by atoms with E-state index in [9.17, 15) is 17.9 Å². The van der Waals surface area contributed by atoms with Crippen LogP contribution in [0.1, 0.15) is 0 Å². The first-order valence-electron chi connectivity index (χ1n) is 13.3. The van der Waals surface area contributed by atoms with E-state index in [1.54, 1.807) is 31.5 Å². The number of piperazine rings is 1. The van der Waals surface area contributed by atoms with Crippen molar-refractivity contribution in [2.24, 2.45) is 0 Å². The van der Waals surface area contributed by atoms with Gasteiger partial charge in [-0.25, -0.2) is 27.2 Å². The number of aromatic amines is 1. The van der Waals surface area contributed by atoms with Gasteiger partial charge in [-0.2, -0.15) is 0 Å². The van der Waals surface area contributed by atoms with Crippen molar-refractivity contribution in [3.8, 4) is 11.3 Å². The first-order valence-corrected chi connectivity index (χ1v) is 15.2. The van der Waals surface area contributed by atoms with Crippen molar-refractivity contribution in [1.29, 1.82) is 0 Å². The third-order valence-corrected chi connectivity index (χ3v) is 8.45. The fourth-order valence-electron chi connectivity index (χ4n) is 5.08. The highest BCUT2D eigenvalue weighted by Gasteiger charge is 2.29. The summed E-state index contributed by atoms with van der Waals surface area (Å²) >= 11 is 0. The molecule has 2 aromatic carbocycles. The number of aromatic nitrogens is 3. The molecule has 3 heterocycles. The summed E-state index contributed by atoms with van der Waals surface area (Å²) in [6.45, 7) is 3.70. The lowest BCUT2D eigenvalue weighted by Crippen LogP contribution is -2.56. The molecule has 4 aromatic rings. The first-order chi connectivity index (χ1) is 20.1. The molecular formula is C28H33F2N7O4S. The van der Waals surface area contributed by atoms with Gasteiger partial charge >= 0.3 is 0 Å². The van der Waals surface area contributed by atoms with Crippen molar-refractivity contribution in [2.75, 3.05) is 63.8 Å². The Morgan fingerprint density at radius 2 is 1.83 bits per heavy atom. The average molecular weight is 602 g/mol.